The lowest BCUT2D eigenvalue weighted by molar-refractivity contribution is -0.308. The van der Waals surface area contributed by atoms with E-state index in [-0.39, 0.29) is 45.7 Å². The van der Waals surface area contributed by atoms with E-state index in [0.717, 1.165) is 63.4 Å². The molecule has 2 aliphatic heterocycles. The predicted octanol–water partition coefficient (Wildman–Crippen LogP) is 15.0. The molecule has 0 unspecified atom stereocenters. The van der Waals surface area contributed by atoms with Crippen LogP contribution in [0.15, 0.2) is 72.8 Å². The number of alkyl halides is 12. The van der Waals surface area contributed by atoms with Gasteiger partial charge in [-0.1, -0.05) is 78.1 Å². The summed E-state index contributed by atoms with van der Waals surface area (Å²) in [4.78, 5) is 27.2. The van der Waals surface area contributed by atoms with Crippen molar-refractivity contribution >= 4 is 69.5 Å². The first kappa shape index (κ1) is 62.4. The van der Waals surface area contributed by atoms with Gasteiger partial charge in [0, 0.05) is 84.0 Å². The van der Waals surface area contributed by atoms with Gasteiger partial charge < -0.3 is 19.7 Å². The summed E-state index contributed by atoms with van der Waals surface area (Å²) in [5.74, 6) is 0. The van der Waals surface area contributed by atoms with E-state index in [9.17, 15) is 62.3 Å². The Bertz CT molecular complexity index is 2320. The number of nitrogens with zero attached hydrogens (tertiary/aromatic N) is 3. The molecule has 2 fully saturated rings. The molecule has 2 saturated heterocycles. The minimum Gasteiger partial charge on any atom is -0.431 e. The fraction of sp³-hybridized carbons (Fsp3) is 0.447. The highest BCUT2D eigenvalue weighted by Gasteiger charge is 2.61. The van der Waals surface area contributed by atoms with Crippen molar-refractivity contribution < 1.29 is 71.7 Å². The molecule has 6 rings (SSSR count). The SMILES string of the molecule is C.Cc1cc(Cl)ccc1C(c1ccc(Cl)cc1C)N1CCN(C(=O)OC(C(F)(F)F)C(F)(F)F)CC1.Cc1cc(Cl)ccc1C(c1ccc(Cl)cc1C)N1CCNCC1.O=C(Cl)OC(C(F)(F)F)C(F)(F)F. The van der Waals surface area contributed by atoms with Crippen LogP contribution in [0.4, 0.5) is 62.3 Å². The number of aryl methyl sites for hydroxylation is 4. The van der Waals surface area contributed by atoms with Crippen molar-refractivity contribution in [1.82, 2.24) is 20.0 Å². The fourth-order valence-corrected chi connectivity index (χ4v) is 8.91. The van der Waals surface area contributed by atoms with Crippen LogP contribution in [0.2, 0.25) is 20.1 Å². The summed E-state index contributed by atoms with van der Waals surface area (Å²) in [6.45, 7) is 12.3. The van der Waals surface area contributed by atoms with E-state index >= 15 is 0 Å². The van der Waals surface area contributed by atoms with Crippen LogP contribution in [0, 0.1) is 27.7 Å². The molecule has 0 bridgehead atoms. The van der Waals surface area contributed by atoms with Gasteiger partial charge in [-0.3, -0.25) is 9.80 Å². The Morgan fingerprint density at radius 2 is 0.764 bits per heavy atom. The summed E-state index contributed by atoms with van der Waals surface area (Å²) in [6, 6.07) is 23.2. The van der Waals surface area contributed by atoms with Crippen molar-refractivity contribution in [2.75, 3.05) is 52.4 Å². The van der Waals surface area contributed by atoms with Gasteiger partial charge in [0.15, 0.2) is 0 Å². The quantitative estimate of drug-likeness (QED) is 0.139. The maximum atomic E-state index is 12.8. The molecule has 0 atom stereocenters. The van der Waals surface area contributed by atoms with E-state index < -0.39 is 48.4 Å². The zero-order chi connectivity index (χ0) is 53.4. The van der Waals surface area contributed by atoms with Crippen LogP contribution in [-0.2, 0) is 9.47 Å². The van der Waals surface area contributed by atoms with Gasteiger partial charge >= 0.3 is 36.2 Å². The number of carbonyl (C=O) groups excluding carboxylic acids is 2. The van der Waals surface area contributed by atoms with Crippen molar-refractivity contribution in [2.24, 2.45) is 0 Å². The van der Waals surface area contributed by atoms with Gasteiger partial charge in [0.05, 0.1) is 12.1 Å². The second-order valence-corrected chi connectivity index (χ2v) is 18.3. The lowest BCUT2D eigenvalue weighted by atomic mass is 9.90. The first-order valence-corrected chi connectivity index (χ1v) is 23.0. The smallest absolute Gasteiger partial charge is 0.431 e. The molecule has 0 radical (unpaired) electrons. The first-order chi connectivity index (χ1) is 32.8. The highest BCUT2D eigenvalue weighted by atomic mass is 35.5. The summed E-state index contributed by atoms with van der Waals surface area (Å²) in [6.07, 6.45) is -33.0. The van der Waals surface area contributed by atoms with E-state index in [2.05, 4.69) is 69.4 Å². The minimum absolute atomic E-state index is 0. The summed E-state index contributed by atoms with van der Waals surface area (Å²) < 4.78 is 152. The third kappa shape index (κ3) is 17.6. The zero-order valence-electron chi connectivity index (χ0n) is 37.8. The van der Waals surface area contributed by atoms with Crippen molar-refractivity contribution in [2.45, 2.75) is 84.1 Å². The standard InChI is InChI=1S/C23H22Cl2F6N2O2.C19H22Cl2N2.C4HClF6O2.CH4/c1-13-11-15(24)3-5-17(13)19(18-6-4-16(25)12-14(18)2)32-7-9-33(10-8-32)21(34)35-20(22(26,27)28)23(29,30)31;1-13-11-15(20)3-5-17(13)19(23-9-7-22-8-10-23)18-6-4-16(21)12-14(18)2;5-2(12)13-1(3(6,7)8)4(9,10)11;/h3-6,11-12,19-20H,7-10H2,1-2H3;3-6,11-12,19,22H,7-10H2,1-2H3;1H;1H4. The third-order valence-corrected chi connectivity index (χ3v) is 12.2. The second-order valence-electron chi connectivity index (χ2n) is 16.3. The number of rotatable bonds is 8. The molecule has 4 aromatic carbocycles. The Labute approximate surface area is 433 Å². The molecule has 8 nitrogen and oxygen atoms in total. The number of halogens is 17. The molecule has 4 aromatic rings. The van der Waals surface area contributed by atoms with Gasteiger partial charge in [-0.25, -0.2) is 9.59 Å². The summed E-state index contributed by atoms with van der Waals surface area (Å²) in [5, 5.41) is 6.12. The Morgan fingerprint density at radius 1 is 0.486 bits per heavy atom. The van der Waals surface area contributed by atoms with Crippen LogP contribution in [0.25, 0.3) is 0 Å². The van der Waals surface area contributed by atoms with Gasteiger partial charge in [-0.15, -0.1) is 0 Å². The Kier molecular flexibility index (Phi) is 22.6. The van der Waals surface area contributed by atoms with Crippen molar-refractivity contribution in [3.63, 3.8) is 0 Å². The molecule has 1 N–H and O–H groups in total. The number of carbonyl (C=O) groups is 2. The first-order valence-electron chi connectivity index (χ1n) is 21.1. The molecule has 1 amide bonds. The lowest BCUT2D eigenvalue weighted by Crippen LogP contribution is -2.53. The van der Waals surface area contributed by atoms with Gasteiger partial charge in [-0.2, -0.15) is 52.7 Å². The fourth-order valence-electron chi connectivity index (χ4n) is 7.91. The van der Waals surface area contributed by atoms with Crippen LogP contribution >= 0.6 is 58.0 Å². The van der Waals surface area contributed by atoms with Crippen molar-refractivity contribution in [3.8, 4) is 0 Å². The van der Waals surface area contributed by atoms with E-state index in [1.165, 1.54) is 22.3 Å². The molecule has 25 heteroatoms. The van der Waals surface area contributed by atoms with E-state index in [1.807, 2.05) is 43.0 Å². The third-order valence-electron chi connectivity index (χ3n) is 11.2. The zero-order valence-corrected chi connectivity index (χ0v) is 41.6. The average molecular weight is 1140 g/mol. The van der Waals surface area contributed by atoms with Crippen LogP contribution in [0.3, 0.4) is 0 Å². The molecule has 0 aliphatic carbocycles. The van der Waals surface area contributed by atoms with Crippen LogP contribution < -0.4 is 5.32 Å². The molecule has 0 saturated carbocycles. The molecule has 72 heavy (non-hydrogen) atoms. The van der Waals surface area contributed by atoms with Crippen LogP contribution in [0.5, 0.6) is 0 Å². The Hall–Kier alpha value is -3.89. The number of piperazine rings is 2. The molecule has 2 aliphatic rings. The van der Waals surface area contributed by atoms with Gasteiger partial charge in [-0.05, 0) is 121 Å². The number of nitrogens with one attached hydrogen (secondary N) is 1. The monoisotopic (exact) mass is 1140 g/mol. The maximum Gasteiger partial charge on any atom is 0.434 e. The Morgan fingerprint density at radius 3 is 1.01 bits per heavy atom. The molecule has 0 spiro atoms. The van der Waals surface area contributed by atoms with Gasteiger partial charge in [0.1, 0.15) is 0 Å². The van der Waals surface area contributed by atoms with Crippen molar-refractivity contribution in [3.05, 3.63) is 137 Å². The molecule has 0 aromatic heterocycles. The minimum atomic E-state index is -5.76. The topological polar surface area (TPSA) is 74.4 Å². The highest BCUT2D eigenvalue weighted by Crippen LogP contribution is 2.40. The Balaban J connectivity index is 0.000000317. The summed E-state index contributed by atoms with van der Waals surface area (Å²) in [7, 11) is 0. The van der Waals surface area contributed by atoms with Gasteiger partial charge in [0.25, 0.3) is 12.2 Å². The number of benzene rings is 4. The normalized spacial score (nSPS) is 15.2. The lowest BCUT2D eigenvalue weighted by Gasteiger charge is -2.40. The molecular weight excluding hydrogens is 1090 g/mol. The summed E-state index contributed by atoms with van der Waals surface area (Å²) in [5.41, 5.74) is 6.58. The molecular formula is C47H49Cl5F12N4O4. The number of amides is 1. The largest absolute Gasteiger partial charge is 0.434 e. The molecule has 400 valence electrons. The van der Waals surface area contributed by atoms with Gasteiger partial charge in [0.2, 0.25) is 0 Å². The second kappa shape index (κ2) is 26.1. The summed E-state index contributed by atoms with van der Waals surface area (Å²) >= 11 is 28.8. The van der Waals surface area contributed by atoms with Crippen LogP contribution in [0.1, 0.15) is 64.0 Å². The number of hydrogen-bond acceptors (Lipinski definition) is 7. The van der Waals surface area contributed by atoms with E-state index in [0.29, 0.717) is 10.0 Å². The van der Waals surface area contributed by atoms with Crippen molar-refractivity contribution in [1.29, 1.82) is 0 Å². The maximum absolute atomic E-state index is 12.8. The number of hydrogen-bond donors (Lipinski definition) is 1. The predicted molar refractivity (Wildman–Crippen MR) is 253 cm³/mol. The molecule has 2 heterocycles. The number of ether oxygens (including phenoxy) is 2. The highest BCUT2D eigenvalue weighted by molar-refractivity contribution is 6.61. The van der Waals surface area contributed by atoms with E-state index in [4.69, 9.17) is 46.4 Å². The average Bonchev–Trinajstić information content (AvgIpc) is 3.24. The van der Waals surface area contributed by atoms with Crippen LogP contribution in [-0.4, -0.2) is 115 Å². The van der Waals surface area contributed by atoms with E-state index in [1.54, 1.807) is 24.3 Å².